The molecule has 0 bridgehead atoms. The zero-order chi connectivity index (χ0) is 14.7. The van der Waals surface area contributed by atoms with Gasteiger partial charge < -0.3 is 10.6 Å². The van der Waals surface area contributed by atoms with Crippen LogP contribution in [0, 0.1) is 10.1 Å². The summed E-state index contributed by atoms with van der Waals surface area (Å²) in [5.41, 5.74) is 7.51. The SMILES string of the molecule is CN(C)C1CCN(Cc2cc([N+](=O)[O-])ccc2N)CC1. The van der Waals surface area contributed by atoms with Gasteiger partial charge in [0.1, 0.15) is 0 Å². The first-order valence-corrected chi connectivity index (χ1v) is 6.89. The summed E-state index contributed by atoms with van der Waals surface area (Å²) < 4.78 is 0. The molecule has 2 rings (SSSR count). The highest BCUT2D eigenvalue weighted by Crippen LogP contribution is 2.23. The van der Waals surface area contributed by atoms with Crippen LogP contribution in [0.4, 0.5) is 11.4 Å². The maximum absolute atomic E-state index is 10.8. The molecule has 110 valence electrons. The predicted molar refractivity (Wildman–Crippen MR) is 79.5 cm³/mol. The first-order valence-electron chi connectivity index (χ1n) is 6.89. The van der Waals surface area contributed by atoms with Gasteiger partial charge in [-0.3, -0.25) is 15.0 Å². The van der Waals surface area contributed by atoms with Gasteiger partial charge in [-0.05, 0) is 51.7 Å². The Hall–Kier alpha value is -1.66. The second-order valence-corrected chi connectivity index (χ2v) is 5.61. The smallest absolute Gasteiger partial charge is 0.269 e. The third kappa shape index (κ3) is 3.46. The monoisotopic (exact) mass is 278 g/mol. The van der Waals surface area contributed by atoms with E-state index in [1.54, 1.807) is 12.1 Å². The summed E-state index contributed by atoms with van der Waals surface area (Å²) in [6.07, 6.45) is 2.25. The van der Waals surface area contributed by atoms with Crippen LogP contribution in [0.25, 0.3) is 0 Å². The Morgan fingerprint density at radius 3 is 2.60 bits per heavy atom. The molecule has 0 aromatic heterocycles. The number of hydrogen-bond acceptors (Lipinski definition) is 5. The van der Waals surface area contributed by atoms with Crippen LogP contribution >= 0.6 is 0 Å². The number of rotatable bonds is 4. The second-order valence-electron chi connectivity index (χ2n) is 5.61. The summed E-state index contributed by atoms with van der Waals surface area (Å²) in [5, 5.41) is 10.8. The molecule has 0 aliphatic carbocycles. The van der Waals surface area contributed by atoms with Crippen LogP contribution in [0.2, 0.25) is 0 Å². The number of nitro groups is 1. The fourth-order valence-corrected chi connectivity index (χ4v) is 2.68. The topological polar surface area (TPSA) is 75.6 Å². The van der Waals surface area contributed by atoms with Crippen LogP contribution in [0.1, 0.15) is 18.4 Å². The van der Waals surface area contributed by atoms with Crippen molar-refractivity contribution in [3.63, 3.8) is 0 Å². The van der Waals surface area contributed by atoms with Crippen molar-refractivity contribution in [3.8, 4) is 0 Å². The molecule has 2 N–H and O–H groups in total. The lowest BCUT2D eigenvalue weighted by Gasteiger charge is -2.35. The lowest BCUT2D eigenvalue weighted by molar-refractivity contribution is -0.384. The largest absolute Gasteiger partial charge is 0.398 e. The van der Waals surface area contributed by atoms with E-state index in [0.717, 1.165) is 31.5 Å². The highest BCUT2D eigenvalue weighted by atomic mass is 16.6. The number of benzene rings is 1. The number of hydrogen-bond donors (Lipinski definition) is 1. The van der Waals surface area contributed by atoms with Gasteiger partial charge in [0, 0.05) is 30.4 Å². The molecule has 20 heavy (non-hydrogen) atoms. The zero-order valence-electron chi connectivity index (χ0n) is 12.1. The Morgan fingerprint density at radius 2 is 2.05 bits per heavy atom. The van der Waals surface area contributed by atoms with E-state index < -0.39 is 0 Å². The van der Waals surface area contributed by atoms with E-state index in [1.165, 1.54) is 6.07 Å². The van der Waals surface area contributed by atoms with E-state index >= 15 is 0 Å². The van der Waals surface area contributed by atoms with E-state index in [-0.39, 0.29) is 10.6 Å². The third-order valence-electron chi connectivity index (χ3n) is 4.02. The van der Waals surface area contributed by atoms with E-state index in [2.05, 4.69) is 23.9 Å². The van der Waals surface area contributed by atoms with E-state index in [4.69, 9.17) is 5.73 Å². The van der Waals surface area contributed by atoms with Crippen LogP contribution in [0.5, 0.6) is 0 Å². The molecule has 1 fully saturated rings. The minimum atomic E-state index is -0.374. The molecule has 0 atom stereocenters. The Labute approximate surface area is 119 Å². The third-order valence-corrected chi connectivity index (χ3v) is 4.02. The number of nitro benzene ring substituents is 1. The van der Waals surface area contributed by atoms with Crippen LogP contribution < -0.4 is 5.73 Å². The van der Waals surface area contributed by atoms with Crippen LogP contribution in [-0.2, 0) is 6.54 Å². The summed E-state index contributed by atoms with van der Waals surface area (Å²) in [7, 11) is 4.22. The molecule has 6 heteroatoms. The molecular weight excluding hydrogens is 256 g/mol. The van der Waals surface area contributed by atoms with E-state index in [1.807, 2.05) is 0 Å². The summed E-state index contributed by atoms with van der Waals surface area (Å²) >= 11 is 0. The van der Waals surface area contributed by atoms with Gasteiger partial charge in [0.25, 0.3) is 5.69 Å². The number of non-ortho nitro benzene ring substituents is 1. The predicted octanol–water partition coefficient (Wildman–Crippen LogP) is 1.70. The van der Waals surface area contributed by atoms with Gasteiger partial charge in [0.05, 0.1) is 4.92 Å². The average molecular weight is 278 g/mol. The molecule has 1 saturated heterocycles. The Kier molecular flexibility index (Phi) is 4.57. The van der Waals surface area contributed by atoms with Crippen molar-refractivity contribution in [2.24, 2.45) is 0 Å². The number of anilines is 1. The maximum atomic E-state index is 10.8. The van der Waals surface area contributed by atoms with Crippen LogP contribution in [0.15, 0.2) is 18.2 Å². The van der Waals surface area contributed by atoms with Crippen molar-refractivity contribution in [1.29, 1.82) is 0 Å². The molecule has 0 spiro atoms. The van der Waals surface area contributed by atoms with Gasteiger partial charge in [-0.15, -0.1) is 0 Å². The Morgan fingerprint density at radius 1 is 1.40 bits per heavy atom. The van der Waals surface area contributed by atoms with Gasteiger partial charge >= 0.3 is 0 Å². The quantitative estimate of drug-likeness (QED) is 0.515. The standard InChI is InChI=1S/C14H22N4O2/c1-16(2)12-5-7-17(8-6-12)10-11-9-13(18(19)20)3-4-14(11)15/h3-4,9,12H,5-8,10,15H2,1-2H3. The molecule has 0 unspecified atom stereocenters. The highest BCUT2D eigenvalue weighted by Gasteiger charge is 2.21. The van der Waals surface area contributed by atoms with Crippen molar-refractivity contribution in [3.05, 3.63) is 33.9 Å². The summed E-state index contributed by atoms with van der Waals surface area (Å²) in [6.45, 7) is 2.70. The minimum Gasteiger partial charge on any atom is -0.398 e. The molecule has 1 aromatic carbocycles. The molecule has 0 amide bonds. The van der Waals surface area contributed by atoms with E-state index in [9.17, 15) is 10.1 Å². The molecule has 1 heterocycles. The van der Waals surface area contributed by atoms with Crippen molar-refractivity contribution < 1.29 is 4.92 Å². The fraction of sp³-hybridized carbons (Fsp3) is 0.571. The maximum Gasteiger partial charge on any atom is 0.269 e. The molecule has 0 saturated carbocycles. The number of likely N-dealkylation sites (tertiary alicyclic amines) is 1. The second kappa shape index (κ2) is 6.19. The van der Waals surface area contributed by atoms with Gasteiger partial charge in [0.2, 0.25) is 0 Å². The normalized spacial score (nSPS) is 17.6. The van der Waals surface area contributed by atoms with Gasteiger partial charge in [-0.25, -0.2) is 0 Å². The van der Waals surface area contributed by atoms with Crippen LogP contribution in [-0.4, -0.2) is 47.9 Å². The fourth-order valence-electron chi connectivity index (χ4n) is 2.68. The lowest BCUT2D eigenvalue weighted by atomic mass is 10.0. The molecule has 0 radical (unpaired) electrons. The molecule has 1 aliphatic heterocycles. The van der Waals surface area contributed by atoms with E-state index in [0.29, 0.717) is 18.3 Å². The zero-order valence-corrected chi connectivity index (χ0v) is 12.1. The van der Waals surface area contributed by atoms with Crippen molar-refractivity contribution >= 4 is 11.4 Å². The molecule has 1 aromatic rings. The molecule has 6 nitrogen and oxygen atoms in total. The first-order chi connectivity index (χ1) is 9.47. The Balaban J connectivity index is 2.00. The number of nitrogen functional groups attached to an aromatic ring is 1. The summed E-state index contributed by atoms with van der Waals surface area (Å²) in [5.74, 6) is 0. The van der Waals surface area contributed by atoms with Gasteiger partial charge in [-0.1, -0.05) is 0 Å². The number of nitrogens with zero attached hydrogens (tertiary/aromatic N) is 3. The lowest BCUT2D eigenvalue weighted by Crippen LogP contribution is -2.41. The summed E-state index contributed by atoms with van der Waals surface area (Å²) in [4.78, 5) is 15.0. The van der Waals surface area contributed by atoms with Crippen molar-refractivity contribution in [2.45, 2.75) is 25.4 Å². The number of nitrogens with two attached hydrogens (primary N) is 1. The molecule has 1 aliphatic rings. The Bertz CT molecular complexity index is 482. The minimum absolute atomic E-state index is 0.109. The van der Waals surface area contributed by atoms with Crippen LogP contribution in [0.3, 0.4) is 0 Å². The average Bonchev–Trinajstić information content (AvgIpc) is 2.41. The van der Waals surface area contributed by atoms with Gasteiger partial charge in [0.15, 0.2) is 0 Å². The number of piperidine rings is 1. The van der Waals surface area contributed by atoms with Crippen molar-refractivity contribution in [2.75, 3.05) is 32.9 Å². The summed E-state index contributed by atoms with van der Waals surface area (Å²) in [6, 6.07) is 5.30. The van der Waals surface area contributed by atoms with Crippen molar-refractivity contribution in [1.82, 2.24) is 9.80 Å². The highest BCUT2D eigenvalue weighted by molar-refractivity contribution is 5.52. The first kappa shape index (κ1) is 14.7. The molecular formula is C14H22N4O2. The van der Waals surface area contributed by atoms with Gasteiger partial charge in [-0.2, -0.15) is 0 Å².